The van der Waals surface area contributed by atoms with Gasteiger partial charge < -0.3 is 4.90 Å². The van der Waals surface area contributed by atoms with Crippen LogP contribution in [0, 0.1) is 5.92 Å². The quantitative estimate of drug-likeness (QED) is 0.718. The highest BCUT2D eigenvalue weighted by Crippen LogP contribution is 2.20. The molecule has 1 rings (SSSR count). The van der Waals surface area contributed by atoms with E-state index in [1.165, 1.54) is 6.26 Å². The fourth-order valence-corrected chi connectivity index (χ4v) is 4.25. The summed E-state index contributed by atoms with van der Waals surface area (Å²) >= 11 is 1.96. The third kappa shape index (κ3) is 6.02. The Morgan fingerprint density at radius 1 is 1.47 bits per heavy atom. The average Bonchev–Trinajstić information content (AvgIpc) is 2.35. The van der Waals surface area contributed by atoms with Gasteiger partial charge in [0.1, 0.15) is 0 Å². The zero-order valence-electron chi connectivity index (χ0n) is 12.6. The van der Waals surface area contributed by atoms with E-state index in [9.17, 15) is 8.42 Å². The van der Waals surface area contributed by atoms with E-state index in [0.29, 0.717) is 25.0 Å². The van der Waals surface area contributed by atoms with Crippen LogP contribution in [0.4, 0.5) is 0 Å². The summed E-state index contributed by atoms with van der Waals surface area (Å²) in [5.74, 6) is 2.78. The molecule has 0 N–H and O–H groups in total. The highest BCUT2D eigenvalue weighted by Gasteiger charge is 2.27. The lowest BCUT2D eigenvalue weighted by Gasteiger charge is -2.35. The van der Waals surface area contributed by atoms with Crippen molar-refractivity contribution in [3.63, 3.8) is 0 Å². The summed E-state index contributed by atoms with van der Waals surface area (Å²) < 4.78 is 24.8. The van der Waals surface area contributed by atoms with Gasteiger partial charge in [-0.15, -0.1) is 0 Å². The van der Waals surface area contributed by atoms with Crippen molar-refractivity contribution < 1.29 is 8.42 Å². The molecule has 0 spiro atoms. The Hall–Kier alpha value is 0.220. The summed E-state index contributed by atoms with van der Waals surface area (Å²) in [6.45, 7) is 6.82. The molecule has 0 aromatic rings. The molecule has 4 nitrogen and oxygen atoms in total. The summed E-state index contributed by atoms with van der Waals surface area (Å²) in [5.41, 5.74) is 0. The molecular formula is C13H28N2O2S2. The Morgan fingerprint density at radius 2 is 2.16 bits per heavy atom. The molecule has 1 saturated heterocycles. The van der Waals surface area contributed by atoms with Crippen molar-refractivity contribution in [1.82, 2.24) is 9.21 Å². The van der Waals surface area contributed by atoms with E-state index < -0.39 is 10.0 Å². The van der Waals surface area contributed by atoms with Crippen LogP contribution in [0.3, 0.4) is 0 Å². The predicted octanol–water partition coefficient (Wildman–Crippen LogP) is 1.73. The van der Waals surface area contributed by atoms with Crippen molar-refractivity contribution in [2.24, 2.45) is 5.92 Å². The first-order chi connectivity index (χ1) is 8.84. The molecule has 0 aliphatic carbocycles. The number of rotatable bonds is 7. The van der Waals surface area contributed by atoms with Gasteiger partial charge in [0, 0.05) is 31.4 Å². The van der Waals surface area contributed by atoms with Crippen molar-refractivity contribution in [3.05, 3.63) is 0 Å². The maximum atomic E-state index is 11.6. The van der Waals surface area contributed by atoms with Crippen LogP contribution in [0.2, 0.25) is 0 Å². The molecule has 1 heterocycles. The Morgan fingerprint density at radius 3 is 2.74 bits per heavy atom. The van der Waals surface area contributed by atoms with Crippen LogP contribution in [0.5, 0.6) is 0 Å². The van der Waals surface area contributed by atoms with E-state index in [1.807, 2.05) is 11.8 Å². The summed E-state index contributed by atoms with van der Waals surface area (Å²) in [5, 5.41) is 0. The van der Waals surface area contributed by atoms with E-state index in [-0.39, 0.29) is 0 Å². The fraction of sp³-hybridized carbons (Fsp3) is 1.00. The van der Waals surface area contributed by atoms with Crippen molar-refractivity contribution >= 4 is 21.8 Å². The number of sulfonamides is 1. The Kier molecular flexibility index (Phi) is 7.14. The first kappa shape index (κ1) is 17.3. The van der Waals surface area contributed by atoms with Crippen LogP contribution in [0.15, 0.2) is 0 Å². The van der Waals surface area contributed by atoms with E-state index in [1.54, 1.807) is 4.31 Å². The first-order valence-corrected chi connectivity index (χ1v) is 10.1. The van der Waals surface area contributed by atoms with Crippen LogP contribution in [-0.4, -0.2) is 68.1 Å². The Labute approximate surface area is 123 Å². The van der Waals surface area contributed by atoms with Gasteiger partial charge in [-0.1, -0.05) is 6.92 Å². The monoisotopic (exact) mass is 308 g/mol. The number of hydrogen-bond donors (Lipinski definition) is 0. The predicted molar refractivity (Wildman–Crippen MR) is 84.2 cm³/mol. The van der Waals surface area contributed by atoms with Crippen molar-refractivity contribution in [2.75, 3.05) is 44.4 Å². The molecule has 19 heavy (non-hydrogen) atoms. The van der Waals surface area contributed by atoms with Gasteiger partial charge in [0.2, 0.25) is 10.0 Å². The molecule has 0 saturated carbocycles. The molecule has 1 aliphatic heterocycles. The first-order valence-electron chi connectivity index (χ1n) is 7.07. The molecule has 1 aliphatic rings. The topological polar surface area (TPSA) is 40.6 Å². The molecule has 1 fully saturated rings. The van der Waals surface area contributed by atoms with Crippen LogP contribution in [0.25, 0.3) is 0 Å². The smallest absolute Gasteiger partial charge is 0.211 e. The molecule has 0 aromatic heterocycles. The lowest BCUT2D eigenvalue weighted by atomic mass is 9.99. The molecule has 0 aromatic carbocycles. The van der Waals surface area contributed by atoms with Gasteiger partial charge in [0.25, 0.3) is 0 Å². The SMILES string of the molecule is CCSC[C@@H](C)N(C)C[C@H]1CCCN(S(C)(=O)=O)C1. The van der Waals surface area contributed by atoms with Crippen molar-refractivity contribution in [2.45, 2.75) is 32.7 Å². The second-order valence-electron chi connectivity index (χ2n) is 5.58. The van der Waals surface area contributed by atoms with Gasteiger partial charge in [-0.2, -0.15) is 11.8 Å². The average molecular weight is 309 g/mol. The van der Waals surface area contributed by atoms with Crippen LogP contribution in [0.1, 0.15) is 26.7 Å². The highest BCUT2D eigenvalue weighted by molar-refractivity contribution is 7.99. The molecule has 0 radical (unpaired) electrons. The molecule has 114 valence electrons. The second kappa shape index (κ2) is 7.86. The van der Waals surface area contributed by atoms with Gasteiger partial charge >= 0.3 is 0 Å². The van der Waals surface area contributed by atoms with Gasteiger partial charge in [0.05, 0.1) is 6.26 Å². The minimum Gasteiger partial charge on any atom is -0.303 e. The normalized spacial score (nSPS) is 23.7. The van der Waals surface area contributed by atoms with E-state index >= 15 is 0 Å². The van der Waals surface area contributed by atoms with Gasteiger partial charge in [-0.05, 0) is 38.5 Å². The van der Waals surface area contributed by atoms with Gasteiger partial charge in [0.15, 0.2) is 0 Å². The van der Waals surface area contributed by atoms with Crippen molar-refractivity contribution in [3.8, 4) is 0 Å². The molecule has 2 atom stereocenters. The van der Waals surface area contributed by atoms with Gasteiger partial charge in [-0.3, -0.25) is 0 Å². The van der Waals surface area contributed by atoms with Crippen LogP contribution in [-0.2, 0) is 10.0 Å². The van der Waals surface area contributed by atoms with Crippen molar-refractivity contribution in [1.29, 1.82) is 0 Å². The maximum absolute atomic E-state index is 11.6. The minimum absolute atomic E-state index is 0.475. The molecule has 0 bridgehead atoms. The maximum Gasteiger partial charge on any atom is 0.211 e. The lowest BCUT2D eigenvalue weighted by molar-refractivity contribution is 0.179. The third-order valence-electron chi connectivity index (χ3n) is 3.81. The fourth-order valence-electron chi connectivity index (χ4n) is 2.48. The van der Waals surface area contributed by atoms with E-state index in [0.717, 1.165) is 30.9 Å². The second-order valence-corrected chi connectivity index (χ2v) is 8.88. The highest BCUT2D eigenvalue weighted by atomic mass is 32.2. The van der Waals surface area contributed by atoms with E-state index in [2.05, 4.69) is 25.8 Å². The summed E-state index contributed by atoms with van der Waals surface area (Å²) in [4.78, 5) is 2.37. The molecule has 0 amide bonds. The third-order valence-corrected chi connectivity index (χ3v) is 6.21. The van der Waals surface area contributed by atoms with E-state index in [4.69, 9.17) is 0 Å². The van der Waals surface area contributed by atoms with Crippen LogP contribution < -0.4 is 0 Å². The largest absolute Gasteiger partial charge is 0.303 e. The van der Waals surface area contributed by atoms with Crippen LogP contribution >= 0.6 is 11.8 Å². The number of piperidine rings is 1. The summed E-state index contributed by atoms with van der Waals surface area (Å²) in [6, 6.07) is 0.554. The Balaban J connectivity index is 2.43. The minimum atomic E-state index is -3.02. The Bertz CT molecular complexity index is 360. The standard InChI is InChI=1S/C13H28N2O2S2/c1-5-18-11-12(2)14(3)9-13-7-6-8-15(10-13)19(4,16)17/h12-13H,5-11H2,1-4H3/t12-,13-/m1/s1. The number of thioether (sulfide) groups is 1. The summed E-state index contributed by atoms with van der Waals surface area (Å²) in [6.07, 6.45) is 3.45. The lowest BCUT2D eigenvalue weighted by Crippen LogP contribution is -2.44. The summed E-state index contributed by atoms with van der Waals surface area (Å²) in [7, 11) is -0.865. The van der Waals surface area contributed by atoms with Gasteiger partial charge in [-0.25, -0.2) is 12.7 Å². The zero-order chi connectivity index (χ0) is 14.5. The molecule has 0 unspecified atom stereocenters. The number of nitrogens with zero attached hydrogens (tertiary/aromatic N) is 2. The molecular weight excluding hydrogens is 280 g/mol. The molecule has 6 heteroatoms. The number of hydrogen-bond acceptors (Lipinski definition) is 4. The zero-order valence-corrected chi connectivity index (χ0v) is 14.3.